The van der Waals surface area contributed by atoms with Crippen LogP contribution in [0.4, 0.5) is 11.4 Å². The van der Waals surface area contributed by atoms with Gasteiger partial charge in [-0.25, -0.2) is 0 Å². The fourth-order valence-electron chi connectivity index (χ4n) is 1.51. The molecule has 0 aliphatic rings. The first kappa shape index (κ1) is 13.2. The quantitative estimate of drug-likeness (QED) is 0.480. The number of para-hydroxylation sites is 2. The number of nitro groups is 2. The Morgan fingerprint density at radius 3 is 1.47 bits per heavy atom. The molecule has 0 heterocycles. The monoisotopic (exact) mass is 324 g/mol. The molecule has 0 saturated heterocycles. The first-order valence-corrected chi connectivity index (χ1v) is 6.95. The van der Waals surface area contributed by atoms with E-state index in [1.165, 1.54) is 12.1 Å². The van der Waals surface area contributed by atoms with Crippen LogP contribution >= 0.6 is 0 Å². The zero-order valence-corrected chi connectivity index (χ0v) is 11.3. The summed E-state index contributed by atoms with van der Waals surface area (Å²) in [6.45, 7) is 0. The fourth-order valence-corrected chi connectivity index (χ4v) is 3.66. The molecule has 2 aromatic carbocycles. The van der Waals surface area contributed by atoms with Gasteiger partial charge in [0.2, 0.25) is 0 Å². The molecule has 96 valence electrons. The summed E-state index contributed by atoms with van der Waals surface area (Å²) in [4.78, 5) is 20.9. The molecule has 0 fully saturated rings. The predicted octanol–water partition coefficient (Wildman–Crippen LogP) is 1.16. The Labute approximate surface area is 114 Å². The first-order chi connectivity index (χ1) is 9.09. The third kappa shape index (κ3) is 2.96. The van der Waals surface area contributed by atoms with E-state index in [1.807, 2.05) is 0 Å². The number of rotatable bonds is 4. The van der Waals surface area contributed by atoms with Gasteiger partial charge in [0.25, 0.3) is 0 Å². The number of nitro benzene ring substituents is 2. The molecule has 0 amide bonds. The Bertz CT molecular complexity index is 590. The van der Waals surface area contributed by atoms with E-state index >= 15 is 0 Å². The topological polar surface area (TPSA) is 86.3 Å². The summed E-state index contributed by atoms with van der Waals surface area (Å²) in [5, 5.41) is 21.8. The third-order valence-corrected chi connectivity index (χ3v) is 4.72. The van der Waals surface area contributed by atoms with Crippen LogP contribution in [0.25, 0.3) is 0 Å². The molecule has 0 N–H and O–H groups in total. The molecule has 0 bridgehead atoms. The van der Waals surface area contributed by atoms with Crippen molar-refractivity contribution in [1.29, 1.82) is 0 Å². The molecule has 7 heteroatoms. The Morgan fingerprint density at radius 2 is 1.11 bits per heavy atom. The molecule has 0 atom stereocenters. The van der Waals surface area contributed by atoms with Gasteiger partial charge in [0, 0.05) is 0 Å². The van der Waals surface area contributed by atoms with Crippen molar-refractivity contribution in [1.82, 2.24) is 0 Å². The zero-order valence-electron chi connectivity index (χ0n) is 9.55. The molecule has 0 radical (unpaired) electrons. The van der Waals surface area contributed by atoms with Gasteiger partial charge in [0.05, 0.1) is 0 Å². The maximum atomic E-state index is 10.9. The number of hydrogen-bond donors (Lipinski definition) is 0. The molecule has 0 aliphatic carbocycles. The van der Waals surface area contributed by atoms with Crippen molar-refractivity contribution in [3.05, 3.63) is 68.8 Å². The van der Waals surface area contributed by atoms with Gasteiger partial charge in [-0.3, -0.25) is 0 Å². The number of benzene rings is 2. The minimum absolute atomic E-state index is 0.000603. The fraction of sp³-hybridized carbons (Fsp3) is 0. The third-order valence-electron chi connectivity index (χ3n) is 2.34. The molecule has 0 saturated carbocycles. The van der Waals surface area contributed by atoms with Crippen LogP contribution in [-0.2, 0) is 0 Å². The maximum absolute atomic E-state index is 10.9. The van der Waals surface area contributed by atoms with Crippen LogP contribution in [0.1, 0.15) is 0 Å². The van der Waals surface area contributed by atoms with E-state index in [0.717, 1.165) is 0 Å². The van der Waals surface area contributed by atoms with E-state index in [2.05, 4.69) is 0 Å². The Morgan fingerprint density at radius 1 is 0.737 bits per heavy atom. The van der Waals surface area contributed by atoms with Crippen LogP contribution in [0.15, 0.2) is 48.5 Å². The van der Waals surface area contributed by atoms with Gasteiger partial charge in [-0.15, -0.1) is 0 Å². The van der Waals surface area contributed by atoms with Crippen molar-refractivity contribution in [3.8, 4) is 0 Å². The van der Waals surface area contributed by atoms with E-state index in [1.54, 1.807) is 36.4 Å². The summed E-state index contributed by atoms with van der Waals surface area (Å²) in [5.74, 6) is 0. The normalized spacial score (nSPS) is 10.1. The summed E-state index contributed by atoms with van der Waals surface area (Å²) in [6.07, 6.45) is 0. The molecule has 0 spiro atoms. The van der Waals surface area contributed by atoms with Gasteiger partial charge < -0.3 is 0 Å². The second kappa shape index (κ2) is 5.60. The molecule has 0 unspecified atom stereocenters. The zero-order chi connectivity index (χ0) is 13.8. The van der Waals surface area contributed by atoms with Crippen LogP contribution < -0.4 is 8.92 Å². The van der Waals surface area contributed by atoms with Gasteiger partial charge in [0.15, 0.2) is 0 Å². The van der Waals surface area contributed by atoms with E-state index in [9.17, 15) is 20.2 Å². The summed E-state index contributed by atoms with van der Waals surface area (Å²) < 4.78 is 1.05. The second-order valence-electron chi connectivity index (χ2n) is 3.55. The van der Waals surface area contributed by atoms with E-state index in [-0.39, 0.29) is 11.4 Å². The van der Waals surface area contributed by atoms with Gasteiger partial charge >= 0.3 is 114 Å². The number of hydrogen-bond acceptors (Lipinski definition) is 4. The molecule has 2 aromatic rings. The van der Waals surface area contributed by atoms with Gasteiger partial charge in [0.1, 0.15) is 0 Å². The summed E-state index contributed by atoms with van der Waals surface area (Å²) >= 11 is -0.479. The molecule has 0 aromatic heterocycles. The molecule has 19 heavy (non-hydrogen) atoms. The Hall–Kier alpha value is -2.24. The van der Waals surface area contributed by atoms with Crippen molar-refractivity contribution < 1.29 is 9.85 Å². The molecular formula is C12H8N2O4Se. The van der Waals surface area contributed by atoms with Crippen molar-refractivity contribution >= 4 is 35.3 Å². The summed E-state index contributed by atoms with van der Waals surface area (Å²) in [7, 11) is 0. The number of nitrogens with zero attached hydrogens (tertiary/aromatic N) is 2. The predicted molar refractivity (Wildman–Crippen MR) is 71.2 cm³/mol. The Kier molecular flexibility index (Phi) is 3.89. The minimum atomic E-state index is -0.479. The molecule has 0 aliphatic heterocycles. The Balaban J connectivity index is 2.42. The molecule has 2 rings (SSSR count). The molecular weight excluding hydrogens is 315 g/mol. The SMILES string of the molecule is O=[N+]([O-])c1ccccc1[Se]c1ccccc1[N+](=O)[O-]. The average Bonchev–Trinajstić information content (AvgIpc) is 2.39. The van der Waals surface area contributed by atoms with Crippen molar-refractivity contribution in [2.24, 2.45) is 0 Å². The van der Waals surface area contributed by atoms with E-state index in [4.69, 9.17) is 0 Å². The van der Waals surface area contributed by atoms with Crippen molar-refractivity contribution in [2.45, 2.75) is 0 Å². The van der Waals surface area contributed by atoms with Crippen molar-refractivity contribution in [3.63, 3.8) is 0 Å². The summed E-state index contributed by atoms with van der Waals surface area (Å²) in [5.41, 5.74) is 0.00121. The second-order valence-corrected chi connectivity index (χ2v) is 5.83. The standard InChI is InChI=1S/C12H8N2O4Se/c15-13(16)9-5-1-3-7-11(9)19-12-8-4-2-6-10(12)14(17)18/h1-8H. The summed E-state index contributed by atoms with van der Waals surface area (Å²) in [6, 6.07) is 12.6. The van der Waals surface area contributed by atoms with Gasteiger partial charge in [-0.05, 0) is 0 Å². The van der Waals surface area contributed by atoms with Crippen LogP contribution in [0, 0.1) is 20.2 Å². The van der Waals surface area contributed by atoms with E-state index in [0.29, 0.717) is 8.92 Å². The van der Waals surface area contributed by atoms with Crippen molar-refractivity contribution in [2.75, 3.05) is 0 Å². The van der Waals surface area contributed by atoms with Crippen LogP contribution in [0.3, 0.4) is 0 Å². The van der Waals surface area contributed by atoms with Crippen LogP contribution in [0.2, 0.25) is 0 Å². The first-order valence-electron chi connectivity index (χ1n) is 5.24. The average molecular weight is 323 g/mol. The van der Waals surface area contributed by atoms with Crippen LogP contribution in [0.5, 0.6) is 0 Å². The van der Waals surface area contributed by atoms with Gasteiger partial charge in [-0.1, -0.05) is 0 Å². The van der Waals surface area contributed by atoms with Gasteiger partial charge in [-0.2, -0.15) is 0 Å². The van der Waals surface area contributed by atoms with Crippen LogP contribution in [-0.4, -0.2) is 24.8 Å². The van der Waals surface area contributed by atoms with E-state index < -0.39 is 24.8 Å². The molecule has 6 nitrogen and oxygen atoms in total.